The quantitative estimate of drug-likeness (QED) is 0.800. The second kappa shape index (κ2) is 6.09. The van der Waals surface area contributed by atoms with Crippen molar-refractivity contribution in [3.63, 3.8) is 0 Å². The molecule has 110 valence electrons. The van der Waals surface area contributed by atoms with E-state index < -0.39 is 5.60 Å². The molecule has 2 rings (SSSR count). The normalized spacial score (nSPS) is 18.1. The Labute approximate surface area is 117 Å². The van der Waals surface area contributed by atoms with Crippen LogP contribution in [0.3, 0.4) is 0 Å². The van der Waals surface area contributed by atoms with E-state index in [1.54, 1.807) is 24.0 Å². The molecule has 2 N–H and O–H groups in total. The fourth-order valence-electron chi connectivity index (χ4n) is 2.21. The van der Waals surface area contributed by atoms with Crippen LogP contribution in [0, 0.1) is 0 Å². The Morgan fingerprint density at radius 1 is 1.60 bits per heavy atom. The molecule has 0 radical (unpaired) electrons. The van der Waals surface area contributed by atoms with Gasteiger partial charge in [-0.2, -0.15) is 0 Å². The number of furan rings is 1. The first kappa shape index (κ1) is 14.6. The number of amides is 2. The summed E-state index contributed by atoms with van der Waals surface area (Å²) in [5, 5.41) is 12.8. The number of hydrogen-bond donors (Lipinski definition) is 2. The van der Waals surface area contributed by atoms with Crippen molar-refractivity contribution >= 4 is 11.8 Å². The van der Waals surface area contributed by atoms with Crippen LogP contribution in [0.15, 0.2) is 22.8 Å². The molecule has 0 saturated carbocycles. The fourth-order valence-corrected chi connectivity index (χ4v) is 2.21. The van der Waals surface area contributed by atoms with E-state index in [4.69, 9.17) is 4.42 Å². The van der Waals surface area contributed by atoms with Crippen LogP contribution < -0.4 is 5.32 Å². The number of rotatable bonds is 6. The molecule has 1 unspecified atom stereocenters. The summed E-state index contributed by atoms with van der Waals surface area (Å²) >= 11 is 0. The summed E-state index contributed by atoms with van der Waals surface area (Å²) in [6.07, 6.45) is 3.17. The zero-order valence-corrected chi connectivity index (χ0v) is 11.6. The molecule has 0 bridgehead atoms. The summed E-state index contributed by atoms with van der Waals surface area (Å²) in [7, 11) is 0. The van der Waals surface area contributed by atoms with Crippen molar-refractivity contribution < 1.29 is 19.1 Å². The van der Waals surface area contributed by atoms with Gasteiger partial charge in [-0.15, -0.1) is 0 Å². The highest BCUT2D eigenvalue weighted by Gasteiger charge is 2.27. The maximum Gasteiger partial charge on any atom is 0.222 e. The zero-order valence-electron chi connectivity index (χ0n) is 11.6. The first-order valence-electron chi connectivity index (χ1n) is 6.80. The van der Waals surface area contributed by atoms with Gasteiger partial charge in [-0.25, -0.2) is 0 Å². The zero-order chi connectivity index (χ0) is 14.6. The number of carbonyl (C=O) groups is 2. The summed E-state index contributed by atoms with van der Waals surface area (Å²) < 4.78 is 5.13. The molecule has 0 spiro atoms. The maximum absolute atomic E-state index is 11.7. The standard InChI is InChI=1S/C14H20N2O4/c1-14(19,11-4-3-9-20-11)10-15-12(17)6-8-16-7-2-5-13(16)18/h3-4,9,19H,2,5-8,10H2,1H3,(H,15,17). The molecule has 1 atom stereocenters. The lowest BCUT2D eigenvalue weighted by atomic mass is 10.0. The van der Waals surface area contributed by atoms with Crippen LogP contribution >= 0.6 is 0 Å². The predicted octanol–water partition coefficient (Wildman–Crippen LogP) is 0.616. The van der Waals surface area contributed by atoms with Crippen LogP contribution in [-0.4, -0.2) is 41.5 Å². The lowest BCUT2D eigenvalue weighted by Gasteiger charge is -2.21. The van der Waals surface area contributed by atoms with Gasteiger partial charge in [-0.05, 0) is 25.5 Å². The Morgan fingerprint density at radius 2 is 2.40 bits per heavy atom. The average molecular weight is 280 g/mol. The summed E-state index contributed by atoms with van der Waals surface area (Å²) in [6.45, 7) is 2.83. The van der Waals surface area contributed by atoms with E-state index in [0.717, 1.165) is 13.0 Å². The fraction of sp³-hybridized carbons (Fsp3) is 0.571. The minimum Gasteiger partial charge on any atom is -0.466 e. The molecule has 2 amide bonds. The lowest BCUT2D eigenvalue weighted by Crippen LogP contribution is -2.39. The van der Waals surface area contributed by atoms with Crippen LogP contribution in [0.5, 0.6) is 0 Å². The Balaban J connectivity index is 1.73. The van der Waals surface area contributed by atoms with Gasteiger partial charge in [-0.3, -0.25) is 9.59 Å². The molecule has 0 aliphatic carbocycles. The van der Waals surface area contributed by atoms with E-state index in [-0.39, 0.29) is 24.8 Å². The van der Waals surface area contributed by atoms with E-state index in [1.807, 2.05) is 0 Å². The highest BCUT2D eigenvalue weighted by Crippen LogP contribution is 2.19. The number of carbonyl (C=O) groups excluding carboxylic acids is 2. The summed E-state index contributed by atoms with van der Waals surface area (Å²) in [5.74, 6) is 0.337. The van der Waals surface area contributed by atoms with Crippen LogP contribution in [0.2, 0.25) is 0 Å². The molecule has 0 aromatic carbocycles. The van der Waals surface area contributed by atoms with Gasteiger partial charge in [0.15, 0.2) is 0 Å². The number of hydrogen-bond acceptors (Lipinski definition) is 4. The van der Waals surface area contributed by atoms with Gasteiger partial charge >= 0.3 is 0 Å². The van der Waals surface area contributed by atoms with Crippen molar-refractivity contribution in [2.45, 2.75) is 31.8 Å². The Bertz CT molecular complexity index is 468. The Morgan fingerprint density at radius 3 is 3.00 bits per heavy atom. The molecular weight excluding hydrogens is 260 g/mol. The average Bonchev–Trinajstić information content (AvgIpc) is 3.05. The van der Waals surface area contributed by atoms with Crippen LogP contribution in [-0.2, 0) is 15.2 Å². The van der Waals surface area contributed by atoms with Gasteiger partial charge < -0.3 is 19.7 Å². The molecule has 1 fully saturated rings. The highest BCUT2D eigenvalue weighted by atomic mass is 16.4. The molecule has 6 nitrogen and oxygen atoms in total. The first-order valence-corrected chi connectivity index (χ1v) is 6.80. The van der Waals surface area contributed by atoms with Gasteiger partial charge in [0.2, 0.25) is 11.8 Å². The SMILES string of the molecule is CC(O)(CNC(=O)CCN1CCCC1=O)c1ccco1. The van der Waals surface area contributed by atoms with Gasteiger partial charge in [0.25, 0.3) is 0 Å². The van der Waals surface area contributed by atoms with Crippen molar-refractivity contribution in [3.8, 4) is 0 Å². The van der Waals surface area contributed by atoms with Crippen molar-refractivity contribution in [2.24, 2.45) is 0 Å². The first-order chi connectivity index (χ1) is 9.49. The predicted molar refractivity (Wildman–Crippen MR) is 71.7 cm³/mol. The summed E-state index contributed by atoms with van der Waals surface area (Å²) in [6, 6.07) is 3.35. The minimum absolute atomic E-state index is 0.0767. The smallest absolute Gasteiger partial charge is 0.222 e. The topological polar surface area (TPSA) is 82.8 Å². The highest BCUT2D eigenvalue weighted by molar-refractivity contribution is 5.80. The van der Waals surface area contributed by atoms with E-state index >= 15 is 0 Å². The monoisotopic (exact) mass is 280 g/mol. The molecule has 1 aromatic heterocycles. The van der Waals surface area contributed by atoms with Crippen LogP contribution in [0.4, 0.5) is 0 Å². The Hall–Kier alpha value is -1.82. The van der Waals surface area contributed by atoms with Crippen molar-refractivity contribution in [3.05, 3.63) is 24.2 Å². The molecule has 20 heavy (non-hydrogen) atoms. The van der Waals surface area contributed by atoms with Gasteiger partial charge in [0.05, 0.1) is 12.8 Å². The maximum atomic E-state index is 11.7. The van der Waals surface area contributed by atoms with Crippen molar-refractivity contribution in [1.29, 1.82) is 0 Å². The van der Waals surface area contributed by atoms with E-state index in [2.05, 4.69) is 5.32 Å². The number of aliphatic hydroxyl groups is 1. The molecule has 1 aromatic rings. The third-order valence-electron chi connectivity index (χ3n) is 3.46. The second-order valence-corrected chi connectivity index (χ2v) is 5.26. The number of nitrogens with one attached hydrogen (secondary N) is 1. The summed E-state index contributed by atoms with van der Waals surface area (Å²) in [4.78, 5) is 24.8. The third kappa shape index (κ3) is 3.60. The number of nitrogens with zero attached hydrogens (tertiary/aromatic N) is 1. The van der Waals surface area contributed by atoms with E-state index in [0.29, 0.717) is 18.7 Å². The van der Waals surface area contributed by atoms with Crippen LogP contribution in [0.25, 0.3) is 0 Å². The lowest BCUT2D eigenvalue weighted by molar-refractivity contribution is -0.128. The minimum atomic E-state index is -1.23. The van der Waals surface area contributed by atoms with Gasteiger partial charge in [0, 0.05) is 25.9 Å². The molecule has 2 heterocycles. The summed E-state index contributed by atoms with van der Waals surface area (Å²) in [5.41, 5.74) is -1.23. The molecule has 1 aliphatic rings. The van der Waals surface area contributed by atoms with Gasteiger partial charge in [0.1, 0.15) is 11.4 Å². The molecule has 6 heteroatoms. The third-order valence-corrected chi connectivity index (χ3v) is 3.46. The molecule has 1 saturated heterocycles. The van der Waals surface area contributed by atoms with E-state index in [1.165, 1.54) is 6.26 Å². The number of likely N-dealkylation sites (tertiary alicyclic amines) is 1. The van der Waals surface area contributed by atoms with Gasteiger partial charge in [-0.1, -0.05) is 0 Å². The van der Waals surface area contributed by atoms with Crippen LogP contribution in [0.1, 0.15) is 31.9 Å². The Kier molecular flexibility index (Phi) is 4.44. The largest absolute Gasteiger partial charge is 0.466 e. The second-order valence-electron chi connectivity index (χ2n) is 5.26. The van der Waals surface area contributed by atoms with Crippen molar-refractivity contribution in [2.75, 3.05) is 19.6 Å². The van der Waals surface area contributed by atoms with Crippen molar-refractivity contribution in [1.82, 2.24) is 10.2 Å². The van der Waals surface area contributed by atoms with E-state index in [9.17, 15) is 14.7 Å². The molecule has 1 aliphatic heterocycles. The molecular formula is C14H20N2O4.